The first kappa shape index (κ1) is 9.99. The Morgan fingerprint density at radius 2 is 1.75 bits per heavy atom. The Bertz CT molecular complexity index is 227. The molecular weight excluding hydrogens is 176 g/mol. The van der Waals surface area contributed by atoms with Crippen molar-refractivity contribution in [2.24, 2.45) is 5.92 Å². The summed E-state index contributed by atoms with van der Waals surface area (Å²) in [6, 6.07) is 0. The number of hydrogen-bond donors (Lipinski definition) is 1. The fraction of sp³-hybridized carbons (Fsp3) is 1.00. The van der Waals surface area contributed by atoms with E-state index in [2.05, 4.69) is 0 Å². The molecule has 0 amide bonds. The molecule has 3 nitrogen and oxygen atoms in total. The summed E-state index contributed by atoms with van der Waals surface area (Å²) in [5.41, 5.74) is 0. The van der Waals surface area contributed by atoms with Crippen molar-refractivity contribution >= 4 is 10.1 Å². The molecule has 12 heavy (non-hydrogen) atoms. The minimum atomic E-state index is -3.80. The van der Waals surface area contributed by atoms with Crippen molar-refractivity contribution in [2.75, 3.05) is 0 Å². The van der Waals surface area contributed by atoms with Gasteiger partial charge in [-0.25, -0.2) is 0 Å². The van der Waals surface area contributed by atoms with E-state index in [0.717, 1.165) is 25.7 Å². The summed E-state index contributed by atoms with van der Waals surface area (Å²) < 4.78 is 30.4. The van der Waals surface area contributed by atoms with Crippen LogP contribution in [0.2, 0.25) is 0 Å². The zero-order valence-corrected chi connectivity index (χ0v) is 8.18. The summed E-state index contributed by atoms with van der Waals surface area (Å²) >= 11 is 0. The molecule has 4 heteroatoms. The van der Waals surface area contributed by atoms with Gasteiger partial charge in [0.05, 0.1) is 5.25 Å². The summed E-state index contributed by atoms with van der Waals surface area (Å²) in [6.07, 6.45) is 5.30. The zero-order chi connectivity index (χ0) is 9.19. The van der Waals surface area contributed by atoms with Crippen LogP contribution in [0, 0.1) is 5.92 Å². The van der Waals surface area contributed by atoms with E-state index in [4.69, 9.17) is 4.55 Å². The van der Waals surface area contributed by atoms with Gasteiger partial charge < -0.3 is 0 Å². The van der Waals surface area contributed by atoms with Crippen LogP contribution in [0.25, 0.3) is 0 Å². The van der Waals surface area contributed by atoms with Gasteiger partial charge in [0, 0.05) is 0 Å². The Hall–Kier alpha value is -0.0900. The van der Waals surface area contributed by atoms with E-state index in [0.29, 0.717) is 0 Å². The van der Waals surface area contributed by atoms with E-state index >= 15 is 0 Å². The van der Waals surface area contributed by atoms with Crippen molar-refractivity contribution in [1.29, 1.82) is 0 Å². The molecule has 0 aromatic rings. The van der Waals surface area contributed by atoms with Gasteiger partial charge in [0.2, 0.25) is 0 Å². The molecule has 0 aromatic heterocycles. The highest BCUT2D eigenvalue weighted by molar-refractivity contribution is 7.86. The lowest BCUT2D eigenvalue weighted by atomic mass is 9.87. The van der Waals surface area contributed by atoms with Crippen LogP contribution in [0.15, 0.2) is 0 Å². The van der Waals surface area contributed by atoms with E-state index < -0.39 is 15.4 Å². The molecule has 0 bridgehead atoms. The van der Waals surface area contributed by atoms with Gasteiger partial charge in [0.1, 0.15) is 0 Å². The number of hydrogen-bond acceptors (Lipinski definition) is 2. The van der Waals surface area contributed by atoms with E-state index in [1.54, 1.807) is 6.92 Å². The SMILES string of the molecule is C[C@@H](C1CCCCC1)S(=O)(=O)O. The van der Waals surface area contributed by atoms with E-state index in [9.17, 15) is 8.42 Å². The van der Waals surface area contributed by atoms with Crippen LogP contribution in [0.3, 0.4) is 0 Å². The van der Waals surface area contributed by atoms with Gasteiger partial charge in [-0.05, 0) is 25.7 Å². The maximum atomic E-state index is 10.8. The third-order valence-corrected chi connectivity index (χ3v) is 4.11. The fourth-order valence-electron chi connectivity index (χ4n) is 1.85. The molecule has 0 heterocycles. The molecule has 0 spiro atoms. The number of rotatable bonds is 2. The van der Waals surface area contributed by atoms with Crippen LogP contribution in [-0.4, -0.2) is 18.2 Å². The third kappa shape index (κ3) is 2.45. The molecule has 1 aliphatic carbocycles. The lowest BCUT2D eigenvalue weighted by Gasteiger charge is -2.25. The largest absolute Gasteiger partial charge is 0.285 e. The maximum absolute atomic E-state index is 10.8. The summed E-state index contributed by atoms with van der Waals surface area (Å²) in [6.45, 7) is 1.60. The zero-order valence-electron chi connectivity index (χ0n) is 7.36. The molecule has 0 radical (unpaired) electrons. The molecule has 0 aromatic carbocycles. The predicted molar refractivity (Wildman–Crippen MR) is 47.6 cm³/mol. The average Bonchev–Trinajstić information content (AvgIpc) is 2.03. The Kier molecular flexibility index (Phi) is 3.12. The molecule has 72 valence electrons. The van der Waals surface area contributed by atoms with Crippen LogP contribution in [0.4, 0.5) is 0 Å². The topological polar surface area (TPSA) is 54.4 Å². The van der Waals surface area contributed by atoms with Gasteiger partial charge >= 0.3 is 0 Å². The second kappa shape index (κ2) is 3.75. The summed E-state index contributed by atoms with van der Waals surface area (Å²) in [4.78, 5) is 0. The Morgan fingerprint density at radius 3 is 2.17 bits per heavy atom. The molecule has 1 N–H and O–H groups in total. The maximum Gasteiger partial charge on any atom is 0.267 e. The molecule has 1 atom stereocenters. The smallest absolute Gasteiger partial charge is 0.267 e. The monoisotopic (exact) mass is 192 g/mol. The molecular formula is C8H16O3S. The summed E-state index contributed by atoms with van der Waals surface area (Å²) in [5.74, 6) is 0.175. The first-order valence-corrected chi connectivity index (χ1v) is 5.98. The van der Waals surface area contributed by atoms with Gasteiger partial charge in [-0.2, -0.15) is 8.42 Å². The second-order valence-electron chi connectivity index (χ2n) is 3.62. The van der Waals surface area contributed by atoms with Crippen molar-refractivity contribution in [1.82, 2.24) is 0 Å². The first-order chi connectivity index (χ1) is 5.52. The minimum Gasteiger partial charge on any atom is -0.285 e. The van der Waals surface area contributed by atoms with Gasteiger partial charge in [-0.1, -0.05) is 19.3 Å². The molecule has 1 fully saturated rings. The van der Waals surface area contributed by atoms with Crippen molar-refractivity contribution in [3.8, 4) is 0 Å². The van der Waals surface area contributed by atoms with Crippen LogP contribution in [0.5, 0.6) is 0 Å². The van der Waals surface area contributed by atoms with E-state index in [1.807, 2.05) is 0 Å². The van der Waals surface area contributed by atoms with Gasteiger partial charge in [0.15, 0.2) is 0 Å². The molecule has 0 aliphatic heterocycles. The van der Waals surface area contributed by atoms with Crippen LogP contribution in [-0.2, 0) is 10.1 Å². The normalized spacial score (nSPS) is 23.8. The highest BCUT2D eigenvalue weighted by Gasteiger charge is 2.28. The first-order valence-electron chi connectivity index (χ1n) is 4.48. The minimum absolute atomic E-state index is 0.175. The van der Waals surface area contributed by atoms with Gasteiger partial charge in [-0.15, -0.1) is 0 Å². The molecule has 1 saturated carbocycles. The second-order valence-corrected chi connectivity index (χ2v) is 5.39. The quantitative estimate of drug-likeness (QED) is 0.679. The van der Waals surface area contributed by atoms with Gasteiger partial charge in [0.25, 0.3) is 10.1 Å². The van der Waals surface area contributed by atoms with Crippen LogP contribution < -0.4 is 0 Å². The van der Waals surface area contributed by atoms with Gasteiger partial charge in [-0.3, -0.25) is 4.55 Å². The lowest BCUT2D eigenvalue weighted by molar-refractivity contribution is 0.335. The molecule has 1 rings (SSSR count). The van der Waals surface area contributed by atoms with E-state index in [1.165, 1.54) is 6.42 Å². The molecule has 0 unspecified atom stereocenters. The summed E-state index contributed by atoms with van der Waals surface area (Å²) in [5, 5.41) is -0.571. The average molecular weight is 192 g/mol. The predicted octanol–water partition coefficient (Wildman–Crippen LogP) is 1.84. The third-order valence-electron chi connectivity index (χ3n) is 2.78. The van der Waals surface area contributed by atoms with Crippen molar-refractivity contribution in [3.05, 3.63) is 0 Å². The Labute approximate surface area is 73.9 Å². The van der Waals surface area contributed by atoms with Crippen LogP contribution in [0.1, 0.15) is 39.0 Å². The highest BCUT2D eigenvalue weighted by Crippen LogP contribution is 2.28. The van der Waals surface area contributed by atoms with Crippen molar-refractivity contribution in [3.63, 3.8) is 0 Å². The van der Waals surface area contributed by atoms with E-state index in [-0.39, 0.29) is 5.92 Å². The van der Waals surface area contributed by atoms with Crippen LogP contribution >= 0.6 is 0 Å². The highest BCUT2D eigenvalue weighted by atomic mass is 32.2. The lowest BCUT2D eigenvalue weighted by Crippen LogP contribution is -2.27. The van der Waals surface area contributed by atoms with Crippen molar-refractivity contribution in [2.45, 2.75) is 44.3 Å². The van der Waals surface area contributed by atoms with Crippen molar-refractivity contribution < 1.29 is 13.0 Å². The summed E-state index contributed by atoms with van der Waals surface area (Å²) in [7, 11) is -3.80. The molecule has 0 saturated heterocycles. The Morgan fingerprint density at radius 1 is 1.25 bits per heavy atom. The molecule has 1 aliphatic rings. The standard InChI is InChI=1S/C8H16O3S/c1-7(12(9,10)11)8-5-3-2-4-6-8/h7-8H,2-6H2,1H3,(H,9,10,11)/t7-/m0/s1. The fourth-order valence-corrected chi connectivity index (χ4v) is 2.61. The Balaban J connectivity index is 2.57.